The number of hydrogen-bond acceptors (Lipinski definition) is 5. The van der Waals surface area contributed by atoms with Crippen LogP contribution in [-0.2, 0) is 29.0 Å². The summed E-state index contributed by atoms with van der Waals surface area (Å²) >= 11 is 0. The summed E-state index contributed by atoms with van der Waals surface area (Å²) in [4.78, 5) is 4.67. The van der Waals surface area contributed by atoms with Crippen LogP contribution in [0.2, 0.25) is 0 Å². The summed E-state index contributed by atoms with van der Waals surface area (Å²) in [5.74, 6) is 3.56. The Morgan fingerprint density at radius 3 is 2.93 bits per heavy atom. The number of fused-ring (bicyclic) bond motifs is 1. The predicted molar refractivity (Wildman–Crippen MR) is 120 cm³/mol. The van der Waals surface area contributed by atoms with Gasteiger partial charge in [-0.25, -0.2) is 4.99 Å². The van der Waals surface area contributed by atoms with E-state index < -0.39 is 0 Å². The molecule has 0 bridgehead atoms. The number of guanidine groups is 1. The Morgan fingerprint density at radius 1 is 1.25 bits per heavy atom. The van der Waals surface area contributed by atoms with Gasteiger partial charge in [0.25, 0.3) is 0 Å². The molecule has 1 aromatic rings. The second-order valence-corrected chi connectivity index (χ2v) is 7.25. The SMILES string of the molecule is CCNC(=NCc1nnc2n1CCCC2)NCCCOCC1CCOCC1.I. The van der Waals surface area contributed by atoms with Crippen LogP contribution in [0.15, 0.2) is 4.99 Å². The summed E-state index contributed by atoms with van der Waals surface area (Å²) in [5, 5.41) is 15.3. The molecule has 2 aliphatic heterocycles. The molecule has 3 rings (SSSR count). The van der Waals surface area contributed by atoms with Gasteiger partial charge in [0.2, 0.25) is 0 Å². The second-order valence-electron chi connectivity index (χ2n) is 7.25. The summed E-state index contributed by atoms with van der Waals surface area (Å²) < 4.78 is 13.4. The first kappa shape index (κ1) is 23.3. The summed E-state index contributed by atoms with van der Waals surface area (Å²) in [5.41, 5.74) is 0. The Labute approximate surface area is 185 Å². The molecule has 0 aromatic carbocycles. The third-order valence-corrected chi connectivity index (χ3v) is 5.11. The Kier molecular flexibility index (Phi) is 11.1. The van der Waals surface area contributed by atoms with Crippen molar-refractivity contribution in [2.24, 2.45) is 10.9 Å². The zero-order valence-corrected chi connectivity index (χ0v) is 19.3. The van der Waals surface area contributed by atoms with Gasteiger partial charge in [0, 0.05) is 52.5 Å². The van der Waals surface area contributed by atoms with Crippen LogP contribution in [0.4, 0.5) is 0 Å². The van der Waals surface area contributed by atoms with Crippen LogP contribution in [0.1, 0.15) is 50.7 Å². The van der Waals surface area contributed by atoms with Gasteiger partial charge in [-0.05, 0) is 44.9 Å². The summed E-state index contributed by atoms with van der Waals surface area (Å²) in [7, 11) is 0. The molecule has 28 heavy (non-hydrogen) atoms. The minimum absolute atomic E-state index is 0. The minimum Gasteiger partial charge on any atom is -0.381 e. The van der Waals surface area contributed by atoms with Crippen molar-refractivity contribution in [3.05, 3.63) is 11.6 Å². The molecule has 2 N–H and O–H groups in total. The number of rotatable bonds is 9. The molecule has 0 saturated carbocycles. The van der Waals surface area contributed by atoms with Gasteiger partial charge in [0.05, 0.1) is 0 Å². The van der Waals surface area contributed by atoms with E-state index >= 15 is 0 Å². The van der Waals surface area contributed by atoms with E-state index in [-0.39, 0.29) is 24.0 Å². The number of halogens is 1. The Balaban J connectivity index is 0.00000280. The van der Waals surface area contributed by atoms with Crippen LogP contribution in [-0.4, -0.2) is 60.2 Å². The van der Waals surface area contributed by atoms with Crippen molar-refractivity contribution in [1.82, 2.24) is 25.4 Å². The highest BCUT2D eigenvalue weighted by Gasteiger charge is 2.15. The van der Waals surface area contributed by atoms with Crippen LogP contribution < -0.4 is 10.6 Å². The quantitative estimate of drug-likeness (QED) is 0.231. The van der Waals surface area contributed by atoms with Crippen molar-refractivity contribution in [1.29, 1.82) is 0 Å². The minimum atomic E-state index is 0. The lowest BCUT2D eigenvalue weighted by atomic mass is 10.0. The first-order chi connectivity index (χ1) is 13.4. The van der Waals surface area contributed by atoms with Gasteiger partial charge in [0.1, 0.15) is 12.4 Å². The molecular weight excluding hydrogens is 471 g/mol. The monoisotopic (exact) mass is 506 g/mol. The van der Waals surface area contributed by atoms with Gasteiger partial charge in [-0.2, -0.15) is 0 Å². The topological polar surface area (TPSA) is 85.6 Å². The molecule has 1 saturated heterocycles. The largest absolute Gasteiger partial charge is 0.381 e. The van der Waals surface area contributed by atoms with E-state index in [1.54, 1.807) is 0 Å². The number of aryl methyl sites for hydroxylation is 1. The molecule has 0 spiro atoms. The maximum Gasteiger partial charge on any atom is 0.191 e. The van der Waals surface area contributed by atoms with E-state index in [2.05, 4.69) is 37.3 Å². The lowest BCUT2D eigenvalue weighted by Crippen LogP contribution is -2.38. The molecule has 1 aromatic heterocycles. The second kappa shape index (κ2) is 13.3. The first-order valence-corrected chi connectivity index (χ1v) is 10.5. The van der Waals surface area contributed by atoms with Gasteiger partial charge < -0.3 is 24.7 Å². The molecule has 9 heteroatoms. The molecule has 8 nitrogen and oxygen atoms in total. The molecule has 0 amide bonds. The number of nitrogens with zero attached hydrogens (tertiary/aromatic N) is 4. The van der Waals surface area contributed by atoms with Gasteiger partial charge >= 0.3 is 0 Å². The Morgan fingerprint density at radius 2 is 2.11 bits per heavy atom. The third-order valence-electron chi connectivity index (χ3n) is 5.11. The molecule has 160 valence electrons. The van der Waals surface area contributed by atoms with Crippen molar-refractivity contribution in [2.45, 2.75) is 58.5 Å². The number of aromatic nitrogens is 3. The van der Waals surface area contributed by atoms with Crippen molar-refractivity contribution >= 4 is 29.9 Å². The normalized spacial score (nSPS) is 17.7. The van der Waals surface area contributed by atoms with E-state index in [1.165, 1.54) is 12.8 Å². The molecule has 0 aliphatic carbocycles. The average molecular weight is 506 g/mol. The standard InChI is InChI=1S/C19H34N6O2.HI/c1-2-20-19(21-9-5-11-27-15-16-7-12-26-13-8-16)22-14-18-24-23-17-6-3-4-10-25(17)18;/h16H,2-15H2,1H3,(H2,20,21,22);1H. The summed E-state index contributed by atoms with van der Waals surface area (Å²) in [6, 6.07) is 0. The van der Waals surface area contributed by atoms with E-state index in [0.29, 0.717) is 12.5 Å². The zero-order chi connectivity index (χ0) is 18.7. The molecule has 0 unspecified atom stereocenters. The van der Waals surface area contributed by atoms with Gasteiger partial charge in [-0.15, -0.1) is 34.2 Å². The van der Waals surface area contributed by atoms with E-state index in [9.17, 15) is 0 Å². The number of nitrogens with one attached hydrogen (secondary N) is 2. The summed E-state index contributed by atoms with van der Waals surface area (Å²) in [6.07, 6.45) is 6.66. The van der Waals surface area contributed by atoms with Crippen molar-refractivity contribution in [3.63, 3.8) is 0 Å². The van der Waals surface area contributed by atoms with E-state index in [4.69, 9.17) is 9.47 Å². The number of aliphatic imine (C=N–C) groups is 1. The van der Waals surface area contributed by atoms with Gasteiger partial charge in [-0.1, -0.05) is 0 Å². The van der Waals surface area contributed by atoms with Crippen LogP contribution in [0.5, 0.6) is 0 Å². The lowest BCUT2D eigenvalue weighted by Gasteiger charge is -2.21. The Hall–Kier alpha value is -0.940. The van der Waals surface area contributed by atoms with Crippen molar-refractivity contribution in [3.8, 4) is 0 Å². The molecule has 0 radical (unpaired) electrons. The molecule has 3 heterocycles. The summed E-state index contributed by atoms with van der Waals surface area (Å²) in [6.45, 7) is 8.73. The number of hydrogen-bond donors (Lipinski definition) is 2. The first-order valence-electron chi connectivity index (χ1n) is 10.5. The molecule has 2 aliphatic rings. The highest BCUT2D eigenvalue weighted by molar-refractivity contribution is 14.0. The molecule has 0 atom stereocenters. The Bertz CT molecular complexity index is 589. The molecule has 1 fully saturated rings. The highest BCUT2D eigenvalue weighted by Crippen LogP contribution is 2.15. The van der Waals surface area contributed by atoms with Crippen LogP contribution in [0.25, 0.3) is 0 Å². The fourth-order valence-corrected chi connectivity index (χ4v) is 3.52. The van der Waals surface area contributed by atoms with Crippen molar-refractivity contribution in [2.75, 3.05) is 39.5 Å². The van der Waals surface area contributed by atoms with Crippen LogP contribution >= 0.6 is 24.0 Å². The van der Waals surface area contributed by atoms with Crippen LogP contribution in [0, 0.1) is 5.92 Å². The zero-order valence-electron chi connectivity index (χ0n) is 17.0. The van der Waals surface area contributed by atoms with Crippen LogP contribution in [0.3, 0.4) is 0 Å². The van der Waals surface area contributed by atoms with Crippen molar-refractivity contribution < 1.29 is 9.47 Å². The maximum atomic E-state index is 5.82. The molecular formula is C19H35IN6O2. The number of ether oxygens (including phenoxy) is 2. The fourth-order valence-electron chi connectivity index (χ4n) is 3.52. The smallest absolute Gasteiger partial charge is 0.191 e. The fraction of sp³-hybridized carbons (Fsp3) is 0.842. The average Bonchev–Trinajstić information content (AvgIpc) is 3.12. The predicted octanol–water partition coefficient (Wildman–Crippen LogP) is 2.12. The lowest BCUT2D eigenvalue weighted by molar-refractivity contribution is 0.0203. The van der Waals surface area contributed by atoms with E-state index in [0.717, 1.165) is 89.4 Å². The maximum absolute atomic E-state index is 5.82. The third kappa shape index (κ3) is 7.47. The van der Waals surface area contributed by atoms with Gasteiger partial charge in [0.15, 0.2) is 11.8 Å². The van der Waals surface area contributed by atoms with Gasteiger partial charge in [-0.3, -0.25) is 0 Å². The van der Waals surface area contributed by atoms with E-state index in [1.807, 2.05) is 0 Å². The highest BCUT2D eigenvalue weighted by atomic mass is 127.